The Hall–Kier alpha value is -6.46. The lowest BCUT2D eigenvalue weighted by Gasteiger charge is -2.12. The van der Waals surface area contributed by atoms with E-state index in [2.05, 4.69) is 213 Å². The van der Waals surface area contributed by atoms with E-state index in [1.807, 2.05) is 11.3 Å². The first-order valence-corrected chi connectivity index (χ1v) is 20.5. The fourth-order valence-electron chi connectivity index (χ4n) is 9.00. The number of nitrogens with zero attached hydrogens (tertiary/aromatic N) is 2. The third-order valence-electron chi connectivity index (χ3n) is 11.6. The van der Waals surface area contributed by atoms with Crippen LogP contribution in [0, 0.1) is 0 Å². The van der Waals surface area contributed by atoms with Gasteiger partial charge in [0.25, 0.3) is 0 Å². The molecular formula is C52H31BrN2S. The number of para-hydroxylation sites is 2. The molecule has 0 spiro atoms. The van der Waals surface area contributed by atoms with Crippen molar-refractivity contribution in [3.63, 3.8) is 0 Å². The minimum absolute atomic E-state index is 1.11. The van der Waals surface area contributed by atoms with Crippen molar-refractivity contribution in [2.45, 2.75) is 0 Å². The molecule has 0 bridgehead atoms. The summed E-state index contributed by atoms with van der Waals surface area (Å²) in [5, 5.41) is 10.2. The summed E-state index contributed by atoms with van der Waals surface area (Å²) in [4.78, 5) is 0. The monoisotopic (exact) mass is 794 g/mol. The maximum absolute atomic E-state index is 3.67. The number of rotatable bonds is 4. The zero-order valence-electron chi connectivity index (χ0n) is 30.1. The summed E-state index contributed by atoms with van der Waals surface area (Å²) in [6.07, 6.45) is 0. The molecule has 56 heavy (non-hydrogen) atoms. The first-order chi connectivity index (χ1) is 27.7. The van der Waals surface area contributed by atoms with Gasteiger partial charge in [-0.1, -0.05) is 143 Å². The average molecular weight is 796 g/mol. The predicted molar refractivity (Wildman–Crippen MR) is 244 cm³/mol. The highest BCUT2D eigenvalue weighted by atomic mass is 79.9. The second kappa shape index (κ2) is 12.3. The number of halogens is 1. The molecule has 0 fully saturated rings. The van der Waals surface area contributed by atoms with E-state index in [0.717, 1.165) is 10.2 Å². The van der Waals surface area contributed by atoms with Gasteiger partial charge in [0.2, 0.25) is 0 Å². The molecule has 0 atom stereocenters. The van der Waals surface area contributed by atoms with Crippen LogP contribution >= 0.6 is 27.3 Å². The summed E-state index contributed by atoms with van der Waals surface area (Å²) in [7, 11) is 0. The van der Waals surface area contributed by atoms with E-state index < -0.39 is 0 Å². The molecule has 12 aromatic rings. The Balaban J connectivity index is 1.02. The number of thiophene rings is 1. The number of hydrogen-bond acceptors (Lipinski definition) is 1. The van der Waals surface area contributed by atoms with Crippen LogP contribution < -0.4 is 0 Å². The molecule has 0 aliphatic heterocycles. The first-order valence-electron chi connectivity index (χ1n) is 18.9. The molecule has 0 amide bonds. The second-order valence-electron chi connectivity index (χ2n) is 14.7. The Labute approximate surface area is 335 Å². The molecule has 0 aliphatic carbocycles. The van der Waals surface area contributed by atoms with Gasteiger partial charge in [-0.15, -0.1) is 11.3 Å². The molecular weight excluding hydrogens is 765 g/mol. The highest BCUT2D eigenvalue weighted by Crippen LogP contribution is 2.41. The summed E-state index contributed by atoms with van der Waals surface area (Å²) < 4.78 is 8.57. The SMILES string of the molecule is Brc1ccc2c(c1)sc1cc(-n3c4ccccc4c4ccc(-c5ccc6c7ccccc7n(-c7ccc(-c8cccc9ccccc89)cc7)c6c5)cc43)ccc12. The van der Waals surface area contributed by atoms with E-state index >= 15 is 0 Å². The molecule has 3 aromatic heterocycles. The number of hydrogen-bond donors (Lipinski definition) is 0. The lowest BCUT2D eigenvalue weighted by Crippen LogP contribution is -1.95. The van der Waals surface area contributed by atoms with E-state index in [4.69, 9.17) is 0 Å². The summed E-state index contributed by atoms with van der Waals surface area (Å²) in [6.45, 7) is 0. The highest BCUT2D eigenvalue weighted by molar-refractivity contribution is 9.10. The van der Waals surface area contributed by atoms with Gasteiger partial charge in [-0.25, -0.2) is 0 Å². The van der Waals surface area contributed by atoms with Crippen molar-refractivity contribution in [3.05, 3.63) is 193 Å². The van der Waals surface area contributed by atoms with Crippen molar-refractivity contribution in [1.82, 2.24) is 9.13 Å². The van der Waals surface area contributed by atoms with Gasteiger partial charge >= 0.3 is 0 Å². The zero-order valence-corrected chi connectivity index (χ0v) is 32.5. The quantitative estimate of drug-likeness (QED) is 0.168. The van der Waals surface area contributed by atoms with Gasteiger partial charge < -0.3 is 9.13 Å². The molecule has 3 heterocycles. The van der Waals surface area contributed by atoms with Crippen molar-refractivity contribution in [2.75, 3.05) is 0 Å². The average Bonchev–Trinajstić information content (AvgIpc) is 3.89. The Morgan fingerprint density at radius 3 is 1.54 bits per heavy atom. The molecule has 9 aromatic carbocycles. The topological polar surface area (TPSA) is 9.86 Å². The Bertz CT molecular complexity index is 3540. The Kier molecular flexibility index (Phi) is 6.98. The normalized spacial score (nSPS) is 12.0. The maximum Gasteiger partial charge on any atom is 0.0547 e. The van der Waals surface area contributed by atoms with Crippen LogP contribution in [0.2, 0.25) is 0 Å². The van der Waals surface area contributed by atoms with E-state index in [1.165, 1.54) is 102 Å². The highest BCUT2D eigenvalue weighted by Gasteiger charge is 2.17. The van der Waals surface area contributed by atoms with Gasteiger partial charge in [-0.3, -0.25) is 0 Å². The van der Waals surface area contributed by atoms with Crippen LogP contribution in [0.4, 0.5) is 0 Å². The Morgan fingerprint density at radius 2 is 0.839 bits per heavy atom. The molecule has 0 saturated carbocycles. The van der Waals surface area contributed by atoms with Crippen LogP contribution in [0.5, 0.6) is 0 Å². The molecule has 262 valence electrons. The van der Waals surface area contributed by atoms with Crippen LogP contribution in [0.15, 0.2) is 193 Å². The second-order valence-corrected chi connectivity index (χ2v) is 16.7. The fourth-order valence-corrected chi connectivity index (χ4v) is 10.7. The molecule has 0 aliphatic rings. The third kappa shape index (κ3) is 4.80. The fraction of sp³-hybridized carbons (Fsp3) is 0. The van der Waals surface area contributed by atoms with Crippen LogP contribution in [-0.4, -0.2) is 9.13 Å². The van der Waals surface area contributed by atoms with Crippen LogP contribution in [0.25, 0.3) is 108 Å². The smallest absolute Gasteiger partial charge is 0.0547 e. The Morgan fingerprint density at radius 1 is 0.339 bits per heavy atom. The van der Waals surface area contributed by atoms with Crippen LogP contribution in [-0.2, 0) is 0 Å². The maximum atomic E-state index is 3.67. The standard InChI is InChI=1S/C52H31BrN2S/c53-36-20-26-45-46-27-23-38(31-52(46)56-51(45)30-36)55-48-15-6-4-12-42(48)44-25-19-35(29-50(44)55)34-18-24-43-41-11-3-5-14-47(41)54(49(43)28-34)37-21-16-33(17-22-37)40-13-7-9-32-8-1-2-10-39(32)40/h1-31H. The van der Waals surface area contributed by atoms with Crippen molar-refractivity contribution in [2.24, 2.45) is 0 Å². The predicted octanol–water partition coefficient (Wildman–Crippen LogP) is 15.5. The summed E-state index contributed by atoms with van der Waals surface area (Å²) in [5.41, 5.74) is 12.0. The minimum atomic E-state index is 1.11. The molecule has 4 heteroatoms. The first kappa shape index (κ1) is 31.8. The van der Waals surface area contributed by atoms with E-state index in [0.29, 0.717) is 0 Å². The number of fused-ring (bicyclic) bond motifs is 10. The van der Waals surface area contributed by atoms with Crippen molar-refractivity contribution in [1.29, 1.82) is 0 Å². The molecule has 0 N–H and O–H groups in total. The van der Waals surface area contributed by atoms with Gasteiger partial charge in [0.1, 0.15) is 0 Å². The molecule has 12 rings (SSSR count). The third-order valence-corrected chi connectivity index (χ3v) is 13.2. The van der Waals surface area contributed by atoms with Crippen molar-refractivity contribution in [3.8, 4) is 33.6 Å². The molecule has 2 nitrogen and oxygen atoms in total. The molecule has 0 radical (unpaired) electrons. The minimum Gasteiger partial charge on any atom is -0.309 e. The van der Waals surface area contributed by atoms with E-state index in [1.54, 1.807) is 0 Å². The lowest BCUT2D eigenvalue weighted by molar-refractivity contribution is 1.18. The largest absolute Gasteiger partial charge is 0.309 e. The lowest BCUT2D eigenvalue weighted by atomic mass is 9.98. The van der Waals surface area contributed by atoms with Crippen molar-refractivity contribution >= 4 is 102 Å². The summed E-state index contributed by atoms with van der Waals surface area (Å²) >= 11 is 5.53. The van der Waals surface area contributed by atoms with Gasteiger partial charge in [-0.05, 0) is 93.7 Å². The van der Waals surface area contributed by atoms with Gasteiger partial charge in [0, 0.05) is 57.6 Å². The van der Waals surface area contributed by atoms with Gasteiger partial charge in [0.05, 0.1) is 22.1 Å². The van der Waals surface area contributed by atoms with Crippen LogP contribution in [0.1, 0.15) is 0 Å². The molecule has 0 unspecified atom stereocenters. The van der Waals surface area contributed by atoms with Crippen molar-refractivity contribution < 1.29 is 0 Å². The molecule has 0 saturated heterocycles. The van der Waals surface area contributed by atoms with Gasteiger partial charge in [-0.2, -0.15) is 0 Å². The van der Waals surface area contributed by atoms with E-state index in [9.17, 15) is 0 Å². The summed E-state index contributed by atoms with van der Waals surface area (Å²) in [5.74, 6) is 0. The summed E-state index contributed by atoms with van der Waals surface area (Å²) in [6, 6.07) is 69.3. The van der Waals surface area contributed by atoms with E-state index in [-0.39, 0.29) is 0 Å². The zero-order chi connectivity index (χ0) is 36.9. The number of aromatic nitrogens is 2. The number of benzene rings is 9. The van der Waals surface area contributed by atoms with Crippen LogP contribution in [0.3, 0.4) is 0 Å². The van der Waals surface area contributed by atoms with Gasteiger partial charge in [0.15, 0.2) is 0 Å².